The summed E-state index contributed by atoms with van der Waals surface area (Å²) in [5.41, 5.74) is 0. The van der Waals surface area contributed by atoms with Gasteiger partial charge in [-0.25, -0.2) is 0 Å². The molecule has 1 N–H and O–H groups in total. The second-order valence-electron chi connectivity index (χ2n) is 6.05. The van der Waals surface area contributed by atoms with Crippen LogP contribution in [0.4, 0.5) is 0 Å². The van der Waals surface area contributed by atoms with Crippen molar-refractivity contribution in [3.05, 3.63) is 0 Å². The molecule has 0 radical (unpaired) electrons. The summed E-state index contributed by atoms with van der Waals surface area (Å²) in [6.45, 7) is 13.2. The van der Waals surface area contributed by atoms with Crippen molar-refractivity contribution in [1.82, 2.24) is 4.90 Å². The van der Waals surface area contributed by atoms with Crippen molar-refractivity contribution >= 4 is 0 Å². The Morgan fingerprint density at radius 3 is 2.53 bits per heavy atom. The monoisotopic (exact) mass is 243 g/mol. The number of aliphatic hydroxyl groups is 1. The summed E-state index contributed by atoms with van der Waals surface area (Å²) in [7, 11) is 0. The quantitative estimate of drug-likeness (QED) is 0.803. The molecule has 4 unspecified atom stereocenters. The fourth-order valence-corrected chi connectivity index (χ4v) is 2.70. The maximum absolute atomic E-state index is 9.97. The van der Waals surface area contributed by atoms with E-state index in [-0.39, 0.29) is 12.2 Å². The minimum Gasteiger partial charge on any atom is -0.389 e. The molecule has 4 atom stereocenters. The Kier molecular flexibility index (Phi) is 5.90. The fourth-order valence-electron chi connectivity index (χ4n) is 2.70. The first kappa shape index (κ1) is 14.9. The van der Waals surface area contributed by atoms with Crippen molar-refractivity contribution in [3.8, 4) is 0 Å². The van der Waals surface area contributed by atoms with Crippen LogP contribution in [0, 0.1) is 11.8 Å². The maximum Gasteiger partial charge on any atom is 0.0900 e. The molecule has 1 aliphatic rings. The number of hydrogen-bond donors (Lipinski definition) is 1. The summed E-state index contributed by atoms with van der Waals surface area (Å²) in [4.78, 5) is 2.41. The fraction of sp³-hybridized carbons (Fsp3) is 1.00. The number of likely N-dealkylation sites (tertiary alicyclic amines) is 1. The normalized spacial score (nSPS) is 33.0. The lowest BCUT2D eigenvalue weighted by Crippen LogP contribution is -2.49. The van der Waals surface area contributed by atoms with Crippen LogP contribution in [0.3, 0.4) is 0 Å². The molecule has 1 aliphatic heterocycles. The maximum atomic E-state index is 9.97. The van der Waals surface area contributed by atoms with Gasteiger partial charge in [0.05, 0.1) is 18.8 Å². The van der Waals surface area contributed by atoms with Gasteiger partial charge < -0.3 is 9.84 Å². The summed E-state index contributed by atoms with van der Waals surface area (Å²) in [5, 5.41) is 9.97. The zero-order valence-electron chi connectivity index (χ0n) is 12.0. The Labute approximate surface area is 106 Å². The highest BCUT2D eigenvalue weighted by Gasteiger charge is 2.29. The smallest absolute Gasteiger partial charge is 0.0900 e. The summed E-state index contributed by atoms with van der Waals surface area (Å²) < 4.78 is 5.46. The third-order valence-corrected chi connectivity index (χ3v) is 3.79. The first-order valence-electron chi connectivity index (χ1n) is 6.93. The molecule has 0 saturated carbocycles. The lowest BCUT2D eigenvalue weighted by molar-refractivity contribution is -0.0276. The predicted molar refractivity (Wildman–Crippen MR) is 71.1 cm³/mol. The van der Waals surface area contributed by atoms with Gasteiger partial charge in [-0.05, 0) is 39.0 Å². The molecule has 0 aromatic rings. The van der Waals surface area contributed by atoms with Gasteiger partial charge in [0.15, 0.2) is 0 Å². The molecule has 0 aromatic heterocycles. The van der Waals surface area contributed by atoms with Crippen LogP contribution in [0.15, 0.2) is 0 Å². The zero-order valence-corrected chi connectivity index (χ0v) is 12.0. The highest BCUT2D eigenvalue weighted by molar-refractivity contribution is 4.83. The lowest BCUT2D eigenvalue weighted by atomic mass is 9.86. The largest absolute Gasteiger partial charge is 0.389 e. The zero-order chi connectivity index (χ0) is 13.0. The number of β-amino-alcohol motifs (C(OH)–C–C–N with tert-alkyl or cyclic N) is 1. The molecule has 0 spiro atoms. The van der Waals surface area contributed by atoms with Gasteiger partial charge in [0.2, 0.25) is 0 Å². The first-order chi connectivity index (χ1) is 7.90. The van der Waals surface area contributed by atoms with Gasteiger partial charge in [-0.3, -0.25) is 4.90 Å². The van der Waals surface area contributed by atoms with E-state index in [4.69, 9.17) is 4.74 Å². The minimum absolute atomic E-state index is 0.196. The Hall–Kier alpha value is -0.120. The van der Waals surface area contributed by atoms with E-state index in [1.807, 2.05) is 13.8 Å². The van der Waals surface area contributed by atoms with E-state index in [9.17, 15) is 5.11 Å². The molecule has 3 nitrogen and oxygen atoms in total. The predicted octanol–water partition coefficient (Wildman–Crippen LogP) is 2.14. The van der Waals surface area contributed by atoms with Crippen LogP contribution in [-0.2, 0) is 4.74 Å². The molecule has 1 fully saturated rings. The second-order valence-corrected chi connectivity index (χ2v) is 6.05. The van der Waals surface area contributed by atoms with E-state index in [1.54, 1.807) is 0 Å². The molecule has 0 aromatic carbocycles. The third kappa shape index (κ3) is 4.94. The Bertz CT molecular complexity index is 220. The van der Waals surface area contributed by atoms with Crippen molar-refractivity contribution in [2.24, 2.45) is 11.8 Å². The minimum atomic E-state index is -0.364. The Morgan fingerprint density at radius 2 is 1.94 bits per heavy atom. The SMILES string of the molecule is CC1CC(C)C(C)N(CC(O)COC(C)C)C1. The summed E-state index contributed by atoms with van der Waals surface area (Å²) in [6.07, 6.45) is 1.13. The average molecular weight is 243 g/mol. The number of rotatable bonds is 5. The van der Waals surface area contributed by atoms with Crippen molar-refractivity contribution in [1.29, 1.82) is 0 Å². The van der Waals surface area contributed by atoms with E-state index in [2.05, 4.69) is 25.7 Å². The van der Waals surface area contributed by atoms with Crippen LogP contribution in [0.25, 0.3) is 0 Å². The van der Waals surface area contributed by atoms with Crippen LogP contribution >= 0.6 is 0 Å². The Balaban J connectivity index is 2.38. The number of ether oxygens (including phenoxy) is 1. The van der Waals surface area contributed by atoms with Crippen molar-refractivity contribution < 1.29 is 9.84 Å². The van der Waals surface area contributed by atoms with E-state index < -0.39 is 0 Å². The molecule has 1 heterocycles. The molecular formula is C14H29NO2. The first-order valence-corrected chi connectivity index (χ1v) is 6.93. The molecule has 3 heteroatoms. The van der Waals surface area contributed by atoms with Gasteiger partial charge in [0, 0.05) is 19.1 Å². The van der Waals surface area contributed by atoms with Gasteiger partial charge in [0.25, 0.3) is 0 Å². The molecule has 1 rings (SSSR count). The topological polar surface area (TPSA) is 32.7 Å². The standard InChI is InChI=1S/C14H29NO2/c1-10(2)17-9-14(16)8-15-7-11(3)6-12(4)13(15)5/h10-14,16H,6-9H2,1-5H3. The number of piperidine rings is 1. The van der Waals surface area contributed by atoms with Crippen LogP contribution in [-0.4, -0.2) is 48.0 Å². The second kappa shape index (κ2) is 6.72. The van der Waals surface area contributed by atoms with Gasteiger partial charge in [-0.2, -0.15) is 0 Å². The molecule has 102 valence electrons. The number of hydrogen-bond acceptors (Lipinski definition) is 3. The lowest BCUT2D eigenvalue weighted by Gasteiger charge is -2.41. The van der Waals surface area contributed by atoms with Crippen LogP contribution in [0.1, 0.15) is 41.0 Å². The Morgan fingerprint density at radius 1 is 1.29 bits per heavy atom. The molecular weight excluding hydrogens is 214 g/mol. The molecule has 0 aliphatic carbocycles. The average Bonchev–Trinajstić information content (AvgIpc) is 2.22. The summed E-state index contributed by atoms with van der Waals surface area (Å²) in [5.74, 6) is 1.45. The van der Waals surface area contributed by atoms with Gasteiger partial charge >= 0.3 is 0 Å². The molecule has 17 heavy (non-hydrogen) atoms. The van der Waals surface area contributed by atoms with Crippen molar-refractivity contribution in [2.75, 3.05) is 19.7 Å². The van der Waals surface area contributed by atoms with Gasteiger partial charge in [-0.15, -0.1) is 0 Å². The molecule has 0 amide bonds. The van der Waals surface area contributed by atoms with Gasteiger partial charge in [0.1, 0.15) is 0 Å². The van der Waals surface area contributed by atoms with Gasteiger partial charge in [-0.1, -0.05) is 13.8 Å². The van der Waals surface area contributed by atoms with E-state index >= 15 is 0 Å². The van der Waals surface area contributed by atoms with E-state index in [0.717, 1.165) is 24.9 Å². The van der Waals surface area contributed by atoms with E-state index in [0.29, 0.717) is 12.6 Å². The number of nitrogens with zero attached hydrogens (tertiary/aromatic N) is 1. The summed E-state index contributed by atoms with van der Waals surface area (Å²) >= 11 is 0. The van der Waals surface area contributed by atoms with Crippen molar-refractivity contribution in [2.45, 2.75) is 59.3 Å². The third-order valence-electron chi connectivity index (χ3n) is 3.79. The van der Waals surface area contributed by atoms with Crippen molar-refractivity contribution in [3.63, 3.8) is 0 Å². The number of aliphatic hydroxyl groups excluding tert-OH is 1. The van der Waals surface area contributed by atoms with E-state index in [1.165, 1.54) is 6.42 Å². The van der Waals surface area contributed by atoms with Crippen LogP contribution in [0.2, 0.25) is 0 Å². The highest BCUT2D eigenvalue weighted by atomic mass is 16.5. The van der Waals surface area contributed by atoms with Crippen LogP contribution < -0.4 is 0 Å². The molecule has 1 saturated heterocycles. The molecule has 0 bridgehead atoms. The van der Waals surface area contributed by atoms with Crippen LogP contribution in [0.5, 0.6) is 0 Å². The summed E-state index contributed by atoms with van der Waals surface area (Å²) in [6, 6.07) is 0.569. The highest BCUT2D eigenvalue weighted by Crippen LogP contribution is 2.26.